The third kappa shape index (κ3) is 3.33. The fourth-order valence-electron chi connectivity index (χ4n) is 5.93. The smallest absolute Gasteiger partial charge is 0.168 e. The summed E-state index contributed by atoms with van der Waals surface area (Å²) in [5.41, 5.74) is 11.9. The Morgan fingerprint density at radius 1 is 0.525 bits per heavy atom. The van der Waals surface area contributed by atoms with Crippen molar-refractivity contribution in [3.63, 3.8) is 0 Å². The van der Waals surface area contributed by atoms with Gasteiger partial charge in [0.2, 0.25) is 0 Å². The Kier molecular flexibility index (Phi) is 4.92. The molecular weight excluding hydrogens is 490 g/mol. The number of aryl methyl sites for hydroxylation is 2. The lowest BCUT2D eigenvalue weighted by Gasteiger charge is -2.11. The lowest BCUT2D eigenvalue weighted by Crippen LogP contribution is -1.97. The maximum Gasteiger partial charge on any atom is 0.168 e. The fourth-order valence-corrected chi connectivity index (χ4v) is 5.93. The standard InChI is InChI=1S/C36H25N3O/c1-22-23(2)35-37-38-36(39(35)32-12-5-3-8-28(22)32)27-20-16-25(17-21-27)24-14-18-26(19-15-24)29-10-7-11-31-30-9-4-6-13-33(30)40-34(29)31/h3-21H,1-2H3. The molecule has 0 saturated carbocycles. The van der Waals surface area contributed by atoms with Crippen LogP contribution in [0.25, 0.3) is 72.1 Å². The van der Waals surface area contributed by atoms with Crippen molar-refractivity contribution in [3.8, 4) is 33.6 Å². The van der Waals surface area contributed by atoms with Crippen LogP contribution >= 0.6 is 0 Å². The third-order valence-corrected chi connectivity index (χ3v) is 8.19. The number of para-hydroxylation sites is 3. The molecule has 0 N–H and O–H groups in total. The van der Waals surface area contributed by atoms with Gasteiger partial charge in [0, 0.05) is 27.3 Å². The molecule has 0 bridgehead atoms. The van der Waals surface area contributed by atoms with Gasteiger partial charge in [-0.05, 0) is 53.8 Å². The summed E-state index contributed by atoms with van der Waals surface area (Å²) in [7, 11) is 0. The molecule has 0 spiro atoms. The van der Waals surface area contributed by atoms with Crippen LogP contribution in [0.3, 0.4) is 0 Å². The molecule has 8 rings (SSSR count). The molecule has 4 heteroatoms. The third-order valence-electron chi connectivity index (χ3n) is 8.19. The second-order valence-electron chi connectivity index (χ2n) is 10.4. The van der Waals surface area contributed by atoms with E-state index in [4.69, 9.17) is 4.42 Å². The van der Waals surface area contributed by atoms with E-state index < -0.39 is 0 Å². The molecule has 0 aliphatic rings. The number of furan rings is 1. The summed E-state index contributed by atoms with van der Waals surface area (Å²) in [6.07, 6.45) is 0. The Bertz CT molecular complexity index is 2220. The molecule has 0 saturated heterocycles. The molecule has 0 aliphatic carbocycles. The van der Waals surface area contributed by atoms with Crippen LogP contribution in [0.1, 0.15) is 11.1 Å². The minimum absolute atomic E-state index is 0.857. The van der Waals surface area contributed by atoms with E-state index in [2.05, 4.69) is 132 Å². The van der Waals surface area contributed by atoms with Gasteiger partial charge in [0.1, 0.15) is 11.2 Å². The molecule has 0 atom stereocenters. The van der Waals surface area contributed by atoms with Gasteiger partial charge in [-0.25, -0.2) is 0 Å². The summed E-state index contributed by atoms with van der Waals surface area (Å²) in [6.45, 7) is 4.28. The van der Waals surface area contributed by atoms with Crippen LogP contribution in [-0.4, -0.2) is 14.6 Å². The monoisotopic (exact) mass is 515 g/mol. The van der Waals surface area contributed by atoms with E-state index in [0.717, 1.165) is 72.3 Å². The average Bonchev–Trinajstić information content (AvgIpc) is 3.63. The molecule has 4 nitrogen and oxygen atoms in total. The number of benzene rings is 5. The Morgan fingerprint density at radius 2 is 1.15 bits per heavy atom. The maximum absolute atomic E-state index is 6.26. The van der Waals surface area contributed by atoms with Crippen LogP contribution in [0.4, 0.5) is 0 Å². The summed E-state index contributed by atoms with van der Waals surface area (Å²) in [5, 5.41) is 12.7. The quantitative estimate of drug-likeness (QED) is 0.235. The first-order valence-electron chi connectivity index (χ1n) is 13.5. The van der Waals surface area contributed by atoms with Crippen LogP contribution in [0.2, 0.25) is 0 Å². The van der Waals surface area contributed by atoms with Gasteiger partial charge >= 0.3 is 0 Å². The number of hydrogen-bond acceptors (Lipinski definition) is 3. The van der Waals surface area contributed by atoms with Crippen molar-refractivity contribution in [1.82, 2.24) is 14.6 Å². The Morgan fingerprint density at radius 3 is 1.93 bits per heavy atom. The lowest BCUT2D eigenvalue weighted by atomic mass is 9.98. The molecule has 0 amide bonds. The van der Waals surface area contributed by atoms with E-state index in [0.29, 0.717) is 0 Å². The lowest BCUT2D eigenvalue weighted by molar-refractivity contribution is 0.670. The SMILES string of the molecule is Cc1c(C)c2nnc(-c3ccc(-c4ccc(-c5cccc6c5oc5ccccc56)cc4)cc3)n2c2ccccc12. The zero-order chi connectivity index (χ0) is 26.8. The van der Waals surface area contributed by atoms with Crippen molar-refractivity contribution in [1.29, 1.82) is 0 Å². The summed E-state index contributed by atoms with van der Waals surface area (Å²) < 4.78 is 8.44. The predicted octanol–water partition coefficient (Wildman–Crippen LogP) is 9.40. The molecule has 40 heavy (non-hydrogen) atoms. The molecule has 0 fully saturated rings. The van der Waals surface area contributed by atoms with E-state index in [1.165, 1.54) is 10.9 Å². The first-order valence-corrected chi connectivity index (χ1v) is 13.5. The number of fused-ring (bicyclic) bond motifs is 6. The summed E-state index contributed by atoms with van der Waals surface area (Å²) in [6, 6.07) is 40.3. The van der Waals surface area contributed by atoms with Crippen LogP contribution in [0.5, 0.6) is 0 Å². The molecule has 3 heterocycles. The van der Waals surface area contributed by atoms with E-state index in [9.17, 15) is 0 Å². The molecule has 0 aliphatic heterocycles. The van der Waals surface area contributed by atoms with Crippen molar-refractivity contribution < 1.29 is 4.42 Å². The summed E-state index contributed by atoms with van der Waals surface area (Å²) >= 11 is 0. The summed E-state index contributed by atoms with van der Waals surface area (Å²) in [5.74, 6) is 0.857. The number of rotatable bonds is 3. The molecule has 190 valence electrons. The van der Waals surface area contributed by atoms with Crippen molar-refractivity contribution in [2.75, 3.05) is 0 Å². The molecular formula is C36H25N3O. The normalized spacial score (nSPS) is 11.8. The Balaban J connectivity index is 1.16. The maximum atomic E-state index is 6.26. The van der Waals surface area contributed by atoms with Gasteiger partial charge in [-0.1, -0.05) is 103 Å². The molecule has 0 unspecified atom stereocenters. The van der Waals surface area contributed by atoms with E-state index >= 15 is 0 Å². The zero-order valence-corrected chi connectivity index (χ0v) is 22.2. The van der Waals surface area contributed by atoms with Gasteiger partial charge in [-0.3, -0.25) is 4.40 Å². The predicted molar refractivity (Wildman–Crippen MR) is 164 cm³/mol. The highest BCUT2D eigenvalue weighted by Crippen LogP contribution is 2.36. The highest BCUT2D eigenvalue weighted by molar-refractivity contribution is 6.09. The van der Waals surface area contributed by atoms with Crippen LogP contribution in [0, 0.1) is 13.8 Å². The number of pyridine rings is 1. The largest absolute Gasteiger partial charge is 0.455 e. The van der Waals surface area contributed by atoms with Crippen LogP contribution < -0.4 is 0 Å². The number of nitrogens with zero attached hydrogens (tertiary/aromatic N) is 3. The fraction of sp³-hybridized carbons (Fsp3) is 0.0556. The zero-order valence-electron chi connectivity index (χ0n) is 22.2. The van der Waals surface area contributed by atoms with Gasteiger partial charge < -0.3 is 4.42 Å². The van der Waals surface area contributed by atoms with Gasteiger partial charge in [-0.2, -0.15) is 0 Å². The minimum atomic E-state index is 0.857. The molecule has 3 aromatic heterocycles. The van der Waals surface area contributed by atoms with Gasteiger partial charge in [0.15, 0.2) is 11.5 Å². The average molecular weight is 516 g/mol. The highest BCUT2D eigenvalue weighted by atomic mass is 16.3. The molecule has 0 radical (unpaired) electrons. The van der Waals surface area contributed by atoms with Crippen LogP contribution in [0.15, 0.2) is 120 Å². The van der Waals surface area contributed by atoms with Crippen molar-refractivity contribution in [2.24, 2.45) is 0 Å². The van der Waals surface area contributed by atoms with Gasteiger partial charge in [0.25, 0.3) is 0 Å². The number of aromatic nitrogens is 3. The van der Waals surface area contributed by atoms with Gasteiger partial charge in [-0.15, -0.1) is 10.2 Å². The second kappa shape index (κ2) is 8.65. The Hall–Kier alpha value is -5.22. The second-order valence-corrected chi connectivity index (χ2v) is 10.4. The highest BCUT2D eigenvalue weighted by Gasteiger charge is 2.16. The minimum Gasteiger partial charge on any atom is -0.455 e. The Labute approximate surface area is 231 Å². The molecule has 5 aromatic carbocycles. The van der Waals surface area contributed by atoms with E-state index in [1.54, 1.807) is 0 Å². The van der Waals surface area contributed by atoms with Crippen molar-refractivity contribution in [2.45, 2.75) is 13.8 Å². The summed E-state index contributed by atoms with van der Waals surface area (Å²) in [4.78, 5) is 0. The van der Waals surface area contributed by atoms with E-state index in [1.807, 2.05) is 12.1 Å². The number of hydrogen-bond donors (Lipinski definition) is 0. The molecule has 8 aromatic rings. The first kappa shape index (κ1) is 22.7. The van der Waals surface area contributed by atoms with E-state index in [-0.39, 0.29) is 0 Å². The van der Waals surface area contributed by atoms with Crippen molar-refractivity contribution >= 4 is 38.5 Å². The van der Waals surface area contributed by atoms with Crippen LogP contribution in [-0.2, 0) is 0 Å². The van der Waals surface area contributed by atoms with Gasteiger partial charge in [0.05, 0.1) is 5.52 Å². The first-order chi connectivity index (χ1) is 19.7. The van der Waals surface area contributed by atoms with Crippen molar-refractivity contribution in [3.05, 3.63) is 126 Å². The topological polar surface area (TPSA) is 43.3 Å².